The molecule has 1 aliphatic rings. The number of halogens is 1. The molecule has 3 aromatic heterocycles. The predicted molar refractivity (Wildman–Crippen MR) is 108 cm³/mol. The lowest BCUT2D eigenvalue weighted by molar-refractivity contribution is 0.570. The maximum atomic E-state index is 13.4. The summed E-state index contributed by atoms with van der Waals surface area (Å²) >= 11 is 0. The molecular formula is C22H20FN5. The highest BCUT2D eigenvalue weighted by molar-refractivity contribution is 5.80. The maximum absolute atomic E-state index is 13.4. The average molecular weight is 373 g/mol. The van der Waals surface area contributed by atoms with Crippen molar-refractivity contribution in [3.63, 3.8) is 0 Å². The standard InChI is InChI=1S/C22H20FN5/c23-17-9-7-16(8-10-17)21-22(18-6-2-3-13-24-18)28-19(25-21)11-12-20(26-28)27-14-4-1-5-15-27/h2-3,6-13H,1,4-5,14-15H2. The number of nitrogens with zero attached hydrogens (tertiary/aromatic N) is 5. The number of fused-ring (bicyclic) bond motifs is 1. The van der Waals surface area contributed by atoms with Gasteiger partial charge in [0.1, 0.15) is 23.0 Å². The number of hydrogen-bond donors (Lipinski definition) is 0. The monoisotopic (exact) mass is 373 g/mol. The van der Waals surface area contributed by atoms with Gasteiger partial charge in [0.05, 0.1) is 5.69 Å². The molecule has 5 nitrogen and oxygen atoms in total. The Hall–Kier alpha value is -3.28. The molecule has 1 fully saturated rings. The van der Waals surface area contributed by atoms with Crippen LogP contribution in [0.4, 0.5) is 10.2 Å². The lowest BCUT2D eigenvalue weighted by Crippen LogP contribution is -2.30. The van der Waals surface area contributed by atoms with E-state index in [9.17, 15) is 4.39 Å². The van der Waals surface area contributed by atoms with Crippen LogP contribution in [0.1, 0.15) is 19.3 Å². The minimum atomic E-state index is -0.266. The minimum Gasteiger partial charge on any atom is -0.355 e. The van der Waals surface area contributed by atoms with Gasteiger partial charge in [-0.15, -0.1) is 5.10 Å². The van der Waals surface area contributed by atoms with Gasteiger partial charge in [-0.05, 0) is 67.8 Å². The summed E-state index contributed by atoms with van der Waals surface area (Å²) in [5.74, 6) is 0.685. The highest BCUT2D eigenvalue weighted by Gasteiger charge is 2.20. The van der Waals surface area contributed by atoms with Crippen LogP contribution >= 0.6 is 0 Å². The SMILES string of the molecule is Fc1ccc(-c2nc3ccc(N4CCCCC4)nn3c2-c2ccccn2)cc1. The van der Waals surface area contributed by atoms with Crippen LogP contribution in [0.3, 0.4) is 0 Å². The van der Waals surface area contributed by atoms with Crippen LogP contribution in [-0.4, -0.2) is 32.7 Å². The zero-order valence-electron chi connectivity index (χ0n) is 15.4. The molecule has 1 aliphatic heterocycles. The van der Waals surface area contributed by atoms with Gasteiger partial charge < -0.3 is 4.90 Å². The lowest BCUT2D eigenvalue weighted by Gasteiger charge is -2.27. The fraction of sp³-hybridized carbons (Fsp3) is 0.227. The second-order valence-corrected chi connectivity index (χ2v) is 7.04. The van der Waals surface area contributed by atoms with Crippen LogP contribution < -0.4 is 4.90 Å². The number of rotatable bonds is 3. The van der Waals surface area contributed by atoms with Gasteiger partial charge in [0.25, 0.3) is 0 Å². The summed E-state index contributed by atoms with van der Waals surface area (Å²) in [7, 11) is 0. The Kier molecular flexibility index (Phi) is 4.24. The number of pyridine rings is 1. The van der Waals surface area contributed by atoms with Crippen molar-refractivity contribution in [2.75, 3.05) is 18.0 Å². The second kappa shape index (κ2) is 7.03. The maximum Gasteiger partial charge on any atom is 0.155 e. The van der Waals surface area contributed by atoms with Crippen molar-refractivity contribution in [3.05, 3.63) is 66.6 Å². The Morgan fingerprint density at radius 2 is 1.68 bits per heavy atom. The van der Waals surface area contributed by atoms with Gasteiger partial charge in [-0.1, -0.05) is 6.07 Å². The third-order valence-corrected chi connectivity index (χ3v) is 5.17. The van der Waals surface area contributed by atoms with E-state index in [1.54, 1.807) is 18.3 Å². The van der Waals surface area contributed by atoms with Crippen LogP contribution in [-0.2, 0) is 0 Å². The van der Waals surface area contributed by atoms with E-state index in [0.29, 0.717) is 0 Å². The van der Waals surface area contributed by atoms with Crippen molar-refractivity contribution in [2.24, 2.45) is 0 Å². The molecule has 140 valence electrons. The van der Waals surface area contributed by atoms with Crippen LogP contribution in [0.2, 0.25) is 0 Å². The normalized spacial score (nSPS) is 14.5. The van der Waals surface area contributed by atoms with E-state index >= 15 is 0 Å². The summed E-state index contributed by atoms with van der Waals surface area (Å²) < 4.78 is 15.3. The van der Waals surface area contributed by atoms with E-state index in [1.165, 1.54) is 31.4 Å². The number of imidazole rings is 1. The summed E-state index contributed by atoms with van der Waals surface area (Å²) in [5, 5.41) is 4.90. The number of benzene rings is 1. The minimum absolute atomic E-state index is 0.266. The molecular weight excluding hydrogens is 353 g/mol. The molecule has 28 heavy (non-hydrogen) atoms. The first kappa shape index (κ1) is 16.9. The van der Waals surface area contributed by atoms with Gasteiger partial charge in [-0.25, -0.2) is 13.9 Å². The summed E-state index contributed by atoms with van der Waals surface area (Å²) in [6, 6.07) is 16.2. The largest absolute Gasteiger partial charge is 0.355 e. The van der Waals surface area contributed by atoms with Crippen molar-refractivity contribution in [3.8, 4) is 22.6 Å². The topological polar surface area (TPSA) is 46.3 Å². The molecule has 0 N–H and O–H groups in total. The first-order chi connectivity index (χ1) is 13.8. The molecule has 5 rings (SSSR count). The molecule has 6 heteroatoms. The van der Waals surface area contributed by atoms with Crippen molar-refractivity contribution in [1.29, 1.82) is 0 Å². The van der Waals surface area contributed by atoms with Crippen molar-refractivity contribution >= 4 is 11.5 Å². The Morgan fingerprint density at radius 3 is 2.43 bits per heavy atom. The van der Waals surface area contributed by atoms with Crippen molar-refractivity contribution < 1.29 is 4.39 Å². The predicted octanol–water partition coefficient (Wildman–Crippen LogP) is 4.59. The number of aromatic nitrogens is 4. The third-order valence-electron chi connectivity index (χ3n) is 5.17. The lowest BCUT2D eigenvalue weighted by atomic mass is 10.1. The summed E-state index contributed by atoms with van der Waals surface area (Å²) in [6.45, 7) is 2.05. The Labute approximate surface area is 162 Å². The molecule has 0 radical (unpaired) electrons. The average Bonchev–Trinajstić information content (AvgIpc) is 3.14. The summed E-state index contributed by atoms with van der Waals surface area (Å²) in [6.07, 6.45) is 5.42. The molecule has 0 amide bonds. The number of hydrogen-bond acceptors (Lipinski definition) is 4. The molecule has 4 heterocycles. The van der Waals surface area contributed by atoms with Crippen molar-refractivity contribution in [1.82, 2.24) is 19.6 Å². The molecule has 4 aromatic rings. The van der Waals surface area contributed by atoms with Crippen LogP contribution in [0.15, 0.2) is 60.8 Å². The number of piperidine rings is 1. The third kappa shape index (κ3) is 3.01. The fourth-order valence-corrected chi connectivity index (χ4v) is 3.76. The molecule has 0 bridgehead atoms. The zero-order valence-corrected chi connectivity index (χ0v) is 15.4. The van der Waals surface area contributed by atoms with E-state index in [1.807, 2.05) is 34.8 Å². The summed E-state index contributed by atoms with van der Waals surface area (Å²) in [4.78, 5) is 11.6. The van der Waals surface area contributed by atoms with Crippen LogP contribution in [0.5, 0.6) is 0 Å². The van der Waals surface area contributed by atoms with Gasteiger partial charge in [-0.2, -0.15) is 0 Å². The smallest absolute Gasteiger partial charge is 0.155 e. The first-order valence-electron chi connectivity index (χ1n) is 9.62. The van der Waals surface area contributed by atoms with Gasteiger partial charge >= 0.3 is 0 Å². The zero-order chi connectivity index (χ0) is 18.9. The Balaban J connectivity index is 1.71. The molecule has 0 saturated carbocycles. The Morgan fingerprint density at radius 1 is 0.857 bits per heavy atom. The van der Waals surface area contributed by atoms with E-state index in [4.69, 9.17) is 10.1 Å². The first-order valence-corrected chi connectivity index (χ1v) is 9.62. The van der Waals surface area contributed by atoms with Gasteiger partial charge in [0.2, 0.25) is 0 Å². The van der Waals surface area contributed by atoms with Crippen LogP contribution in [0.25, 0.3) is 28.3 Å². The Bertz CT molecular complexity index is 1100. The molecule has 0 unspecified atom stereocenters. The second-order valence-electron chi connectivity index (χ2n) is 7.04. The highest BCUT2D eigenvalue weighted by Crippen LogP contribution is 2.32. The molecule has 0 atom stereocenters. The van der Waals surface area contributed by atoms with Crippen molar-refractivity contribution in [2.45, 2.75) is 19.3 Å². The molecule has 1 saturated heterocycles. The van der Waals surface area contributed by atoms with Gasteiger partial charge in [0, 0.05) is 24.8 Å². The van der Waals surface area contributed by atoms with E-state index < -0.39 is 0 Å². The molecule has 0 aliphatic carbocycles. The van der Waals surface area contributed by atoms with E-state index in [2.05, 4.69) is 9.88 Å². The molecule has 0 spiro atoms. The van der Waals surface area contributed by atoms with Gasteiger partial charge in [0.15, 0.2) is 5.65 Å². The van der Waals surface area contributed by atoms with Crippen LogP contribution in [0, 0.1) is 5.82 Å². The number of anilines is 1. The fourth-order valence-electron chi connectivity index (χ4n) is 3.76. The molecule has 1 aromatic carbocycles. The van der Waals surface area contributed by atoms with Gasteiger partial charge in [-0.3, -0.25) is 4.98 Å². The highest BCUT2D eigenvalue weighted by atomic mass is 19.1. The quantitative estimate of drug-likeness (QED) is 0.527. The van der Waals surface area contributed by atoms with E-state index in [0.717, 1.165) is 47.2 Å². The summed E-state index contributed by atoms with van der Waals surface area (Å²) in [5.41, 5.74) is 3.95. The van der Waals surface area contributed by atoms with E-state index in [-0.39, 0.29) is 5.82 Å².